The zero-order valence-corrected chi connectivity index (χ0v) is 31.6. The van der Waals surface area contributed by atoms with Gasteiger partial charge in [-0.1, -0.05) is 51.0 Å². The van der Waals surface area contributed by atoms with Gasteiger partial charge in [-0.2, -0.15) is 0 Å². The molecule has 3 saturated carbocycles. The summed E-state index contributed by atoms with van der Waals surface area (Å²) >= 11 is 0. The van der Waals surface area contributed by atoms with E-state index in [2.05, 4.69) is 33.8 Å². The van der Waals surface area contributed by atoms with Crippen molar-refractivity contribution in [3.05, 3.63) is 57.0 Å². The first kappa shape index (κ1) is 35.8. The lowest BCUT2D eigenvalue weighted by Crippen LogP contribution is -2.50. The van der Waals surface area contributed by atoms with E-state index in [1.54, 1.807) is 12.5 Å². The van der Waals surface area contributed by atoms with Crippen LogP contribution in [-0.2, 0) is 15.9 Å². The third-order valence-corrected chi connectivity index (χ3v) is 14.4. The van der Waals surface area contributed by atoms with Gasteiger partial charge in [0, 0.05) is 30.0 Å². The molecule has 2 saturated heterocycles. The van der Waals surface area contributed by atoms with E-state index in [-0.39, 0.29) is 28.5 Å². The summed E-state index contributed by atoms with van der Waals surface area (Å²) in [6.45, 7) is 16.4. The van der Waals surface area contributed by atoms with Crippen LogP contribution in [0.3, 0.4) is 0 Å². The Labute approximate surface area is 298 Å². The number of allylic oxidation sites excluding steroid dienone is 4. The molecule has 0 amide bonds. The van der Waals surface area contributed by atoms with Crippen molar-refractivity contribution in [3.63, 3.8) is 0 Å². The number of hydrogen-bond donors (Lipinski definition) is 2. The van der Waals surface area contributed by atoms with Crippen molar-refractivity contribution in [2.24, 2.45) is 46.3 Å². The minimum absolute atomic E-state index is 0.0661. The van der Waals surface area contributed by atoms with Crippen LogP contribution in [0.2, 0.25) is 0 Å². The first-order valence-electron chi connectivity index (χ1n) is 19.4. The van der Waals surface area contributed by atoms with Crippen LogP contribution >= 0.6 is 0 Å². The number of benzene rings is 1. The number of phenols is 1. The number of fused-ring (bicyclic) bond motifs is 8. The molecule has 11 unspecified atom stereocenters. The highest BCUT2D eigenvalue weighted by Crippen LogP contribution is 2.69. The van der Waals surface area contributed by atoms with Gasteiger partial charge in [-0.15, -0.1) is 0 Å². The topological polar surface area (TPSA) is 98.4 Å². The fourth-order valence-electron chi connectivity index (χ4n) is 11.7. The lowest BCUT2D eigenvalue weighted by Gasteiger charge is -2.57. The van der Waals surface area contributed by atoms with Crippen LogP contribution in [-0.4, -0.2) is 41.9 Å². The SMILES string of the molecule is CC1CCC2(OC1)OC1CC3C4CCC5CC(O)CCC5(C)C4=CCC3(C)C1C2C.COc1cc(O)c2c(=O)cc(C)oc2c1CC=C(C)C. The maximum absolute atomic E-state index is 12.0. The fourth-order valence-corrected chi connectivity index (χ4v) is 11.7. The fraction of sp³-hybridized carbons (Fsp3) is 0.698. The van der Waals surface area contributed by atoms with Gasteiger partial charge >= 0.3 is 0 Å². The quantitative estimate of drug-likeness (QED) is 0.311. The van der Waals surface area contributed by atoms with E-state index in [1.807, 2.05) is 19.9 Å². The zero-order chi connectivity index (χ0) is 35.7. The molecule has 7 heteroatoms. The maximum Gasteiger partial charge on any atom is 0.196 e. The van der Waals surface area contributed by atoms with Gasteiger partial charge < -0.3 is 28.8 Å². The van der Waals surface area contributed by atoms with Gasteiger partial charge in [0.25, 0.3) is 0 Å². The Hall–Kier alpha value is -2.61. The Morgan fingerprint density at radius 1 is 1.08 bits per heavy atom. The third kappa shape index (κ3) is 5.78. The Kier molecular flexibility index (Phi) is 9.38. The van der Waals surface area contributed by atoms with Crippen LogP contribution < -0.4 is 10.2 Å². The van der Waals surface area contributed by atoms with Gasteiger partial charge in [-0.3, -0.25) is 4.79 Å². The van der Waals surface area contributed by atoms with Crippen LogP contribution in [0.4, 0.5) is 0 Å². The average Bonchev–Trinajstić information content (AvgIpc) is 3.51. The van der Waals surface area contributed by atoms with Gasteiger partial charge in [-0.25, -0.2) is 0 Å². The molecular formula is C43H60O7. The van der Waals surface area contributed by atoms with E-state index >= 15 is 0 Å². The normalized spacial score (nSPS) is 40.1. The number of methoxy groups -OCH3 is 1. The molecule has 6 aliphatic rings. The van der Waals surface area contributed by atoms with E-state index in [9.17, 15) is 15.0 Å². The lowest BCUT2D eigenvalue weighted by molar-refractivity contribution is -0.272. The molecule has 4 aliphatic carbocycles. The average molecular weight is 689 g/mol. The molecule has 8 rings (SSSR count). The number of aryl methyl sites for hydroxylation is 1. The number of hydrogen-bond acceptors (Lipinski definition) is 7. The highest BCUT2D eigenvalue weighted by Gasteiger charge is 2.67. The summed E-state index contributed by atoms with van der Waals surface area (Å²) in [5, 5.41) is 20.5. The molecule has 5 fully saturated rings. The summed E-state index contributed by atoms with van der Waals surface area (Å²) in [4.78, 5) is 12.0. The van der Waals surface area contributed by atoms with Crippen molar-refractivity contribution in [2.75, 3.05) is 13.7 Å². The molecule has 1 aromatic carbocycles. The number of rotatable bonds is 3. The summed E-state index contributed by atoms with van der Waals surface area (Å²) in [6.07, 6.45) is 16.2. The third-order valence-electron chi connectivity index (χ3n) is 14.4. The van der Waals surface area contributed by atoms with Crippen LogP contribution in [0.25, 0.3) is 11.0 Å². The van der Waals surface area contributed by atoms with E-state index < -0.39 is 0 Å². The summed E-state index contributed by atoms with van der Waals surface area (Å²) < 4.78 is 24.3. The van der Waals surface area contributed by atoms with E-state index in [1.165, 1.54) is 57.8 Å². The number of phenolic OH excluding ortho intramolecular Hbond substituents is 1. The molecule has 1 aromatic heterocycles. The first-order valence-corrected chi connectivity index (χ1v) is 19.4. The molecule has 7 nitrogen and oxygen atoms in total. The summed E-state index contributed by atoms with van der Waals surface area (Å²) in [7, 11) is 1.53. The predicted molar refractivity (Wildman–Crippen MR) is 196 cm³/mol. The van der Waals surface area contributed by atoms with E-state index in [4.69, 9.17) is 18.6 Å². The first-order chi connectivity index (χ1) is 23.7. The number of aliphatic hydroxyl groups is 1. The Morgan fingerprint density at radius 3 is 2.56 bits per heavy atom. The molecule has 3 heterocycles. The highest BCUT2D eigenvalue weighted by molar-refractivity contribution is 5.88. The molecule has 0 bridgehead atoms. The second kappa shape index (κ2) is 13.1. The molecule has 274 valence electrons. The van der Waals surface area contributed by atoms with Gasteiger partial charge in [0.2, 0.25) is 0 Å². The Bertz CT molecular complexity index is 1720. The van der Waals surface area contributed by atoms with Crippen molar-refractivity contribution in [2.45, 2.75) is 131 Å². The number of ether oxygens (including phenoxy) is 3. The number of aromatic hydroxyl groups is 1. The van der Waals surface area contributed by atoms with Gasteiger partial charge in [0.1, 0.15) is 28.2 Å². The van der Waals surface area contributed by atoms with Crippen LogP contribution in [0.15, 0.2) is 44.6 Å². The van der Waals surface area contributed by atoms with Crippen molar-refractivity contribution in [1.29, 1.82) is 0 Å². The van der Waals surface area contributed by atoms with Crippen LogP contribution in [0.1, 0.15) is 111 Å². The molecule has 1 spiro atoms. The smallest absolute Gasteiger partial charge is 0.196 e. The zero-order valence-electron chi connectivity index (χ0n) is 31.6. The molecule has 50 heavy (non-hydrogen) atoms. The van der Waals surface area contributed by atoms with Gasteiger partial charge in [0.15, 0.2) is 11.2 Å². The lowest BCUT2D eigenvalue weighted by atomic mass is 9.48. The van der Waals surface area contributed by atoms with Crippen LogP contribution in [0, 0.1) is 53.3 Å². The largest absolute Gasteiger partial charge is 0.507 e. The van der Waals surface area contributed by atoms with Crippen molar-refractivity contribution >= 4 is 11.0 Å². The number of aliphatic hydroxyl groups excluding tert-OH is 1. The predicted octanol–water partition coefficient (Wildman–Crippen LogP) is 9.04. The van der Waals surface area contributed by atoms with Crippen molar-refractivity contribution in [1.82, 2.24) is 0 Å². The van der Waals surface area contributed by atoms with Crippen molar-refractivity contribution < 1.29 is 28.8 Å². The second-order valence-corrected chi connectivity index (χ2v) is 17.7. The minimum atomic E-state index is -0.303. The Morgan fingerprint density at radius 2 is 1.86 bits per heavy atom. The standard InChI is InChI=1S/C27H42O3.C16H18O4/c1-16-7-12-27(29-15-16)17(2)24-23(30-27)14-22-20-6-5-18-13-19(28)8-10-25(18,3)21(20)9-11-26(22,24)4;1-9(2)5-6-11-14(19-4)8-13(18)15-12(17)7-10(3)20-16(11)15/h9,16-20,22-24,28H,5-8,10-15H2,1-4H3;5,7-8,18H,6H2,1-4H3. The molecular weight excluding hydrogens is 628 g/mol. The monoisotopic (exact) mass is 688 g/mol. The molecule has 11 atom stereocenters. The van der Waals surface area contributed by atoms with Gasteiger partial charge in [0.05, 0.1) is 25.9 Å². The highest BCUT2D eigenvalue weighted by atomic mass is 16.7. The minimum Gasteiger partial charge on any atom is -0.507 e. The summed E-state index contributed by atoms with van der Waals surface area (Å²) in [5.74, 6) is 4.59. The van der Waals surface area contributed by atoms with Crippen molar-refractivity contribution in [3.8, 4) is 11.5 Å². The van der Waals surface area contributed by atoms with E-state index in [0.717, 1.165) is 48.8 Å². The molecule has 0 radical (unpaired) electrons. The summed E-state index contributed by atoms with van der Waals surface area (Å²) in [5.41, 5.74) is 4.53. The maximum atomic E-state index is 12.0. The van der Waals surface area contributed by atoms with Crippen LogP contribution in [0.5, 0.6) is 11.5 Å². The molecule has 2 aromatic rings. The van der Waals surface area contributed by atoms with E-state index in [0.29, 0.717) is 64.1 Å². The molecule has 2 N–H and O–H groups in total. The molecule has 2 aliphatic heterocycles. The summed E-state index contributed by atoms with van der Waals surface area (Å²) in [6, 6.07) is 2.84. The second-order valence-electron chi connectivity index (χ2n) is 17.7. The Balaban J connectivity index is 0.000000171. The van der Waals surface area contributed by atoms with Gasteiger partial charge in [-0.05, 0) is 119 Å².